The Bertz CT molecular complexity index is 765. The Kier molecular flexibility index (Phi) is 3.48. The number of nitrogens with two attached hydrogens (primary N) is 1. The standard InChI is InChI=1S/C16H16FN3O/c1-21-13-5-2-11(3-6-13)8-9-20-15-10-12(17)4-7-14(15)19-16(20)18/h2-7,10H,8-9H2,1H3,(H2,18,19). The van der Waals surface area contributed by atoms with Crippen LogP contribution in [-0.4, -0.2) is 16.7 Å². The van der Waals surface area contributed by atoms with E-state index in [0.29, 0.717) is 18.0 Å². The van der Waals surface area contributed by atoms with E-state index in [4.69, 9.17) is 10.5 Å². The molecule has 0 amide bonds. The molecule has 0 aliphatic rings. The van der Waals surface area contributed by atoms with Crippen molar-refractivity contribution in [2.45, 2.75) is 13.0 Å². The molecule has 0 unspecified atom stereocenters. The molecule has 21 heavy (non-hydrogen) atoms. The van der Waals surface area contributed by atoms with Crippen molar-refractivity contribution in [2.24, 2.45) is 0 Å². The first kappa shape index (κ1) is 13.4. The Balaban J connectivity index is 1.84. The van der Waals surface area contributed by atoms with Crippen molar-refractivity contribution in [1.82, 2.24) is 9.55 Å². The van der Waals surface area contributed by atoms with E-state index in [-0.39, 0.29) is 5.82 Å². The van der Waals surface area contributed by atoms with Crippen LogP contribution in [0.1, 0.15) is 5.56 Å². The van der Waals surface area contributed by atoms with E-state index >= 15 is 0 Å². The second-order valence-electron chi connectivity index (χ2n) is 4.85. The van der Waals surface area contributed by atoms with Crippen LogP contribution >= 0.6 is 0 Å². The number of halogens is 1. The van der Waals surface area contributed by atoms with Crippen LogP contribution in [0.15, 0.2) is 42.5 Å². The molecule has 0 fully saturated rings. The molecule has 108 valence electrons. The van der Waals surface area contributed by atoms with Gasteiger partial charge in [0.25, 0.3) is 0 Å². The highest BCUT2D eigenvalue weighted by Gasteiger charge is 2.09. The summed E-state index contributed by atoms with van der Waals surface area (Å²) in [6.45, 7) is 0.651. The smallest absolute Gasteiger partial charge is 0.201 e. The van der Waals surface area contributed by atoms with Gasteiger partial charge >= 0.3 is 0 Å². The van der Waals surface area contributed by atoms with Gasteiger partial charge in [-0.2, -0.15) is 0 Å². The van der Waals surface area contributed by atoms with Crippen LogP contribution in [0.3, 0.4) is 0 Å². The number of aromatic nitrogens is 2. The van der Waals surface area contributed by atoms with Gasteiger partial charge in [0.2, 0.25) is 5.95 Å². The molecule has 0 aliphatic carbocycles. The molecule has 0 saturated heterocycles. The van der Waals surface area contributed by atoms with Crippen LogP contribution in [-0.2, 0) is 13.0 Å². The van der Waals surface area contributed by atoms with Gasteiger partial charge in [-0.25, -0.2) is 9.37 Å². The summed E-state index contributed by atoms with van der Waals surface area (Å²) in [4.78, 5) is 4.25. The van der Waals surface area contributed by atoms with Gasteiger partial charge in [-0.05, 0) is 42.3 Å². The van der Waals surface area contributed by atoms with Crippen molar-refractivity contribution in [3.05, 3.63) is 53.8 Å². The second kappa shape index (κ2) is 5.44. The lowest BCUT2D eigenvalue weighted by Crippen LogP contribution is -2.05. The minimum Gasteiger partial charge on any atom is -0.497 e. The Labute approximate surface area is 122 Å². The number of nitrogens with zero attached hydrogens (tertiary/aromatic N) is 2. The SMILES string of the molecule is COc1ccc(CCn2c(N)nc3ccc(F)cc32)cc1. The fraction of sp³-hybridized carbons (Fsp3) is 0.188. The molecule has 0 bridgehead atoms. The molecular formula is C16H16FN3O. The second-order valence-corrected chi connectivity index (χ2v) is 4.85. The van der Waals surface area contributed by atoms with Crippen LogP contribution in [0, 0.1) is 5.82 Å². The molecule has 0 aliphatic heterocycles. The van der Waals surface area contributed by atoms with Crippen molar-refractivity contribution in [1.29, 1.82) is 0 Å². The first-order chi connectivity index (χ1) is 10.2. The third kappa shape index (κ3) is 2.67. The molecule has 2 N–H and O–H groups in total. The van der Waals surface area contributed by atoms with Gasteiger partial charge in [0.1, 0.15) is 11.6 Å². The Hall–Kier alpha value is -2.56. The molecule has 1 heterocycles. The molecule has 0 atom stereocenters. The average molecular weight is 285 g/mol. The molecule has 0 radical (unpaired) electrons. The molecule has 0 saturated carbocycles. The van der Waals surface area contributed by atoms with Gasteiger partial charge in [-0.15, -0.1) is 0 Å². The van der Waals surface area contributed by atoms with E-state index in [1.54, 1.807) is 13.2 Å². The third-order valence-corrected chi connectivity index (χ3v) is 3.52. The topological polar surface area (TPSA) is 53.1 Å². The number of nitrogen functional groups attached to an aromatic ring is 1. The quantitative estimate of drug-likeness (QED) is 0.801. The minimum absolute atomic E-state index is 0.284. The molecule has 5 heteroatoms. The van der Waals surface area contributed by atoms with Crippen molar-refractivity contribution < 1.29 is 9.13 Å². The van der Waals surface area contributed by atoms with Gasteiger partial charge in [0.05, 0.1) is 18.1 Å². The van der Waals surface area contributed by atoms with E-state index < -0.39 is 0 Å². The number of hydrogen-bond donors (Lipinski definition) is 1. The fourth-order valence-corrected chi connectivity index (χ4v) is 2.38. The summed E-state index contributed by atoms with van der Waals surface area (Å²) >= 11 is 0. The maximum absolute atomic E-state index is 13.4. The maximum Gasteiger partial charge on any atom is 0.201 e. The largest absolute Gasteiger partial charge is 0.497 e. The lowest BCUT2D eigenvalue weighted by atomic mass is 10.1. The predicted octanol–water partition coefficient (Wildman–Crippen LogP) is 3.01. The lowest BCUT2D eigenvalue weighted by Gasteiger charge is -2.07. The highest BCUT2D eigenvalue weighted by molar-refractivity contribution is 5.78. The number of hydrogen-bond acceptors (Lipinski definition) is 3. The molecule has 3 rings (SSSR count). The van der Waals surface area contributed by atoms with Crippen LogP contribution < -0.4 is 10.5 Å². The zero-order valence-corrected chi connectivity index (χ0v) is 11.7. The summed E-state index contributed by atoms with van der Waals surface area (Å²) < 4.78 is 20.3. The summed E-state index contributed by atoms with van der Waals surface area (Å²) in [6.07, 6.45) is 0.788. The number of ether oxygens (including phenoxy) is 1. The Morgan fingerprint density at radius 1 is 1.19 bits per heavy atom. The van der Waals surface area contributed by atoms with Crippen LogP contribution in [0.25, 0.3) is 11.0 Å². The average Bonchev–Trinajstić information content (AvgIpc) is 2.80. The van der Waals surface area contributed by atoms with Crippen LogP contribution in [0.5, 0.6) is 5.75 Å². The molecule has 0 spiro atoms. The predicted molar refractivity (Wildman–Crippen MR) is 80.8 cm³/mol. The minimum atomic E-state index is -0.284. The van der Waals surface area contributed by atoms with E-state index in [1.165, 1.54) is 12.1 Å². The van der Waals surface area contributed by atoms with Crippen molar-refractivity contribution >= 4 is 17.0 Å². The Morgan fingerprint density at radius 3 is 2.67 bits per heavy atom. The van der Waals surface area contributed by atoms with Gasteiger partial charge < -0.3 is 15.0 Å². The zero-order valence-electron chi connectivity index (χ0n) is 11.7. The van der Waals surface area contributed by atoms with Crippen molar-refractivity contribution in [2.75, 3.05) is 12.8 Å². The van der Waals surface area contributed by atoms with Gasteiger partial charge in [-0.3, -0.25) is 0 Å². The fourth-order valence-electron chi connectivity index (χ4n) is 2.38. The monoisotopic (exact) mass is 285 g/mol. The molecule has 1 aromatic heterocycles. The summed E-state index contributed by atoms with van der Waals surface area (Å²) in [5.41, 5.74) is 8.52. The van der Waals surface area contributed by atoms with Gasteiger partial charge in [0.15, 0.2) is 0 Å². The first-order valence-corrected chi connectivity index (χ1v) is 6.71. The van der Waals surface area contributed by atoms with E-state index in [0.717, 1.165) is 23.3 Å². The third-order valence-electron chi connectivity index (χ3n) is 3.52. The summed E-state index contributed by atoms with van der Waals surface area (Å²) in [5, 5.41) is 0. The number of rotatable bonds is 4. The number of methoxy groups -OCH3 is 1. The first-order valence-electron chi connectivity index (χ1n) is 6.71. The number of anilines is 1. The molecule has 3 aromatic rings. The highest BCUT2D eigenvalue weighted by atomic mass is 19.1. The molecule has 4 nitrogen and oxygen atoms in total. The van der Waals surface area contributed by atoms with E-state index in [9.17, 15) is 4.39 Å². The number of aryl methyl sites for hydroxylation is 2. The lowest BCUT2D eigenvalue weighted by molar-refractivity contribution is 0.414. The van der Waals surface area contributed by atoms with Gasteiger partial charge in [-0.1, -0.05) is 12.1 Å². The summed E-state index contributed by atoms with van der Waals surface area (Å²) in [6, 6.07) is 12.4. The summed E-state index contributed by atoms with van der Waals surface area (Å²) in [7, 11) is 1.64. The zero-order chi connectivity index (χ0) is 14.8. The van der Waals surface area contributed by atoms with Gasteiger partial charge in [0, 0.05) is 6.54 Å². The molecular weight excluding hydrogens is 269 g/mol. The number of imidazole rings is 1. The van der Waals surface area contributed by atoms with E-state index in [2.05, 4.69) is 4.98 Å². The highest BCUT2D eigenvalue weighted by Crippen LogP contribution is 2.20. The van der Waals surface area contributed by atoms with Crippen molar-refractivity contribution in [3.63, 3.8) is 0 Å². The number of fused-ring (bicyclic) bond motifs is 1. The normalized spacial score (nSPS) is 11.0. The van der Waals surface area contributed by atoms with Crippen LogP contribution in [0.4, 0.5) is 10.3 Å². The number of benzene rings is 2. The maximum atomic E-state index is 13.4. The summed E-state index contributed by atoms with van der Waals surface area (Å²) in [5.74, 6) is 0.950. The van der Waals surface area contributed by atoms with Crippen LogP contribution in [0.2, 0.25) is 0 Å². The van der Waals surface area contributed by atoms with Crippen molar-refractivity contribution in [3.8, 4) is 5.75 Å². The molecule has 2 aromatic carbocycles. The van der Waals surface area contributed by atoms with E-state index in [1.807, 2.05) is 28.8 Å². The Morgan fingerprint density at radius 2 is 1.95 bits per heavy atom.